The number of pyridine rings is 1. The van der Waals surface area contributed by atoms with E-state index < -0.39 is 0 Å². The first-order chi connectivity index (χ1) is 11.7. The van der Waals surface area contributed by atoms with Crippen LogP contribution in [0.4, 0.5) is 0 Å². The molecule has 0 radical (unpaired) electrons. The molecule has 0 aliphatic heterocycles. The molecule has 0 unspecified atom stereocenters. The number of aromatic nitrogens is 1. The average Bonchev–Trinajstić information content (AvgIpc) is 2.61. The number of phenolic OH excluding ortho intramolecular Hbond substituents is 2. The maximum Gasteiger partial charge on any atom is 0.128 e. The van der Waals surface area contributed by atoms with Crippen molar-refractivity contribution in [3.05, 3.63) is 78.9 Å². The molecule has 1 aromatic heterocycles. The minimum atomic E-state index is 0. The van der Waals surface area contributed by atoms with E-state index in [0.717, 1.165) is 22.0 Å². The van der Waals surface area contributed by atoms with E-state index in [2.05, 4.69) is 17.1 Å². The summed E-state index contributed by atoms with van der Waals surface area (Å²) in [7, 11) is 0. The SMILES string of the molecule is Cl.Oc1ccc(-c2cc(-c3ccccc3)c3ccccc3n2)c(O)c1. The lowest BCUT2D eigenvalue weighted by Gasteiger charge is -2.11. The summed E-state index contributed by atoms with van der Waals surface area (Å²) in [5.74, 6) is 0.0390. The molecule has 3 nitrogen and oxygen atoms in total. The van der Waals surface area contributed by atoms with Crippen LogP contribution >= 0.6 is 12.4 Å². The van der Waals surface area contributed by atoms with Gasteiger partial charge in [0.05, 0.1) is 11.2 Å². The van der Waals surface area contributed by atoms with Gasteiger partial charge < -0.3 is 10.2 Å². The molecule has 124 valence electrons. The molecular formula is C21H16ClNO2. The fourth-order valence-corrected chi connectivity index (χ4v) is 2.91. The van der Waals surface area contributed by atoms with Crippen molar-refractivity contribution in [2.75, 3.05) is 0 Å². The summed E-state index contributed by atoms with van der Waals surface area (Å²) in [6, 6.07) is 24.6. The Labute approximate surface area is 151 Å². The first kappa shape index (κ1) is 16.8. The van der Waals surface area contributed by atoms with Crippen molar-refractivity contribution in [1.29, 1.82) is 0 Å². The Morgan fingerprint density at radius 3 is 2.16 bits per heavy atom. The normalized spacial score (nSPS) is 10.4. The topological polar surface area (TPSA) is 53.4 Å². The van der Waals surface area contributed by atoms with Crippen LogP contribution in [-0.2, 0) is 0 Å². The zero-order valence-corrected chi connectivity index (χ0v) is 14.1. The Balaban J connectivity index is 0.00000182. The van der Waals surface area contributed by atoms with Gasteiger partial charge in [0.2, 0.25) is 0 Å². The number of para-hydroxylation sites is 1. The van der Waals surface area contributed by atoms with Gasteiger partial charge in [0.15, 0.2) is 0 Å². The highest BCUT2D eigenvalue weighted by Gasteiger charge is 2.12. The zero-order chi connectivity index (χ0) is 16.5. The summed E-state index contributed by atoms with van der Waals surface area (Å²) < 4.78 is 0. The zero-order valence-electron chi connectivity index (χ0n) is 13.3. The lowest BCUT2D eigenvalue weighted by atomic mass is 9.98. The molecule has 2 N–H and O–H groups in total. The van der Waals surface area contributed by atoms with Crippen LogP contribution in [0.1, 0.15) is 0 Å². The third-order valence-electron chi connectivity index (χ3n) is 4.06. The number of benzene rings is 3. The molecular weight excluding hydrogens is 334 g/mol. The van der Waals surface area contributed by atoms with E-state index in [1.807, 2.05) is 48.5 Å². The molecule has 0 bridgehead atoms. The van der Waals surface area contributed by atoms with Crippen LogP contribution in [0.3, 0.4) is 0 Å². The van der Waals surface area contributed by atoms with Crippen LogP contribution in [0.15, 0.2) is 78.9 Å². The van der Waals surface area contributed by atoms with Gasteiger partial charge >= 0.3 is 0 Å². The van der Waals surface area contributed by atoms with Crippen LogP contribution in [-0.4, -0.2) is 15.2 Å². The van der Waals surface area contributed by atoms with Gasteiger partial charge in [-0.05, 0) is 35.4 Å². The van der Waals surface area contributed by atoms with E-state index in [4.69, 9.17) is 0 Å². The average molecular weight is 350 g/mol. The lowest BCUT2D eigenvalue weighted by Crippen LogP contribution is -1.90. The summed E-state index contributed by atoms with van der Waals surface area (Å²) in [5.41, 5.74) is 4.28. The molecule has 1 heterocycles. The van der Waals surface area contributed by atoms with E-state index in [-0.39, 0.29) is 23.9 Å². The van der Waals surface area contributed by atoms with Gasteiger partial charge in [0.25, 0.3) is 0 Å². The number of aromatic hydroxyl groups is 2. The van der Waals surface area contributed by atoms with Gasteiger partial charge in [-0.2, -0.15) is 0 Å². The standard InChI is InChI=1S/C21H15NO2.ClH/c23-15-10-11-17(21(24)12-15)20-13-18(14-6-2-1-3-7-14)16-8-4-5-9-19(16)22-20;/h1-13,23-24H;1H. The second kappa shape index (κ2) is 6.83. The van der Waals surface area contributed by atoms with Gasteiger partial charge in [0, 0.05) is 17.0 Å². The van der Waals surface area contributed by atoms with Crippen LogP contribution < -0.4 is 0 Å². The molecule has 0 saturated carbocycles. The highest BCUT2D eigenvalue weighted by atomic mass is 35.5. The predicted octanol–water partition coefficient (Wildman–Crippen LogP) is 5.40. The number of nitrogens with zero attached hydrogens (tertiary/aromatic N) is 1. The Bertz CT molecular complexity index is 1030. The van der Waals surface area contributed by atoms with E-state index >= 15 is 0 Å². The highest BCUT2D eigenvalue weighted by Crippen LogP contribution is 2.36. The van der Waals surface area contributed by atoms with E-state index in [9.17, 15) is 10.2 Å². The molecule has 25 heavy (non-hydrogen) atoms. The van der Waals surface area contributed by atoms with Crippen molar-refractivity contribution < 1.29 is 10.2 Å². The number of hydrogen-bond donors (Lipinski definition) is 2. The molecule has 0 saturated heterocycles. The number of halogens is 1. The summed E-state index contributed by atoms with van der Waals surface area (Å²) in [5, 5.41) is 20.7. The van der Waals surface area contributed by atoms with Gasteiger partial charge in [-0.25, -0.2) is 4.98 Å². The smallest absolute Gasteiger partial charge is 0.128 e. The van der Waals surface area contributed by atoms with Crippen molar-refractivity contribution in [3.63, 3.8) is 0 Å². The fourth-order valence-electron chi connectivity index (χ4n) is 2.91. The van der Waals surface area contributed by atoms with Gasteiger partial charge in [-0.1, -0.05) is 48.5 Å². The van der Waals surface area contributed by atoms with Crippen LogP contribution in [0.25, 0.3) is 33.3 Å². The van der Waals surface area contributed by atoms with Crippen molar-refractivity contribution in [1.82, 2.24) is 4.98 Å². The van der Waals surface area contributed by atoms with Crippen molar-refractivity contribution in [2.24, 2.45) is 0 Å². The molecule has 0 amide bonds. The number of rotatable bonds is 2. The highest BCUT2D eigenvalue weighted by molar-refractivity contribution is 5.97. The third kappa shape index (κ3) is 3.14. The largest absolute Gasteiger partial charge is 0.508 e. The molecule has 3 aromatic carbocycles. The quantitative estimate of drug-likeness (QED) is 0.509. The maximum atomic E-state index is 10.2. The summed E-state index contributed by atoms with van der Waals surface area (Å²) in [6.07, 6.45) is 0. The van der Waals surface area contributed by atoms with Gasteiger partial charge in [0.1, 0.15) is 11.5 Å². The Kier molecular flexibility index (Phi) is 4.59. The minimum Gasteiger partial charge on any atom is -0.508 e. The van der Waals surface area contributed by atoms with Crippen LogP contribution in [0.2, 0.25) is 0 Å². The maximum absolute atomic E-state index is 10.2. The number of hydrogen-bond acceptors (Lipinski definition) is 3. The lowest BCUT2D eigenvalue weighted by molar-refractivity contribution is 0.452. The summed E-state index contributed by atoms with van der Waals surface area (Å²) >= 11 is 0. The van der Waals surface area contributed by atoms with Gasteiger partial charge in [-0.15, -0.1) is 12.4 Å². The van der Waals surface area contributed by atoms with Crippen molar-refractivity contribution in [2.45, 2.75) is 0 Å². The third-order valence-corrected chi connectivity index (χ3v) is 4.06. The fraction of sp³-hybridized carbons (Fsp3) is 0. The van der Waals surface area contributed by atoms with E-state index in [1.165, 1.54) is 6.07 Å². The van der Waals surface area contributed by atoms with Crippen LogP contribution in [0, 0.1) is 0 Å². The number of phenols is 2. The first-order valence-corrected chi connectivity index (χ1v) is 7.70. The summed E-state index contributed by atoms with van der Waals surface area (Å²) in [4.78, 5) is 4.68. The molecule has 0 atom stereocenters. The minimum absolute atomic E-state index is 0. The monoisotopic (exact) mass is 349 g/mol. The molecule has 4 rings (SSSR count). The molecule has 0 spiro atoms. The second-order valence-corrected chi connectivity index (χ2v) is 5.64. The van der Waals surface area contributed by atoms with Crippen molar-refractivity contribution in [3.8, 4) is 33.9 Å². The Morgan fingerprint density at radius 2 is 1.40 bits per heavy atom. The molecule has 0 aliphatic rings. The first-order valence-electron chi connectivity index (χ1n) is 7.70. The van der Waals surface area contributed by atoms with Crippen molar-refractivity contribution >= 4 is 23.3 Å². The molecule has 4 aromatic rings. The summed E-state index contributed by atoms with van der Waals surface area (Å²) in [6.45, 7) is 0. The molecule has 4 heteroatoms. The van der Waals surface area contributed by atoms with E-state index in [1.54, 1.807) is 12.1 Å². The van der Waals surface area contributed by atoms with Gasteiger partial charge in [-0.3, -0.25) is 0 Å². The molecule has 0 aliphatic carbocycles. The second-order valence-electron chi connectivity index (χ2n) is 5.64. The Hall–Kier alpha value is -3.04. The number of fused-ring (bicyclic) bond motifs is 1. The van der Waals surface area contributed by atoms with Crippen LogP contribution in [0.5, 0.6) is 11.5 Å². The molecule has 0 fully saturated rings. The van der Waals surface area contributed by atoms with E-state index in [0.29, 0.717) is 11.3 Å². The predicted molar refractivity (Wildman–Crippen MR) is 103 cm³/mol. The Morgan fingerprint density at radius 1 is 0.680 bits per heavy atom.